The average Bonchev–Trinajstić information content (AvgIpc) is 3.16. The quantitative estimate of drug-likeness (QED) is 0.271. The molecule has 1 heterocycles. The van der Waals surface area contributed by atoms with E-state index in [1.807, 2.05) is 43.3 Å². The summed E-state index contributed by atoms with van der Waals surface area (Å²) in [6, 6.07) is 12.0. The molecular formula is C25H28BrNO3. The molecule has 2 aromatic carbocycles. The Labute approximate surface area is 186 Å². The van der Waals surface area contributed by atoms with Crippen LogP contribution in [-0.2, 0) is 4.79 Å². The number of hydrogen-bond donors (Lipinski definition) is 1. The molecule has 158 valence electrons. The molecule has 1 aromatic heterocycles. The van der Waals surface area contributed by atoms with Crippen LogP contribution in [-0.4, -0.2) is 19.6 Å². The highest BCUT2D eigenvalue weighted by molar-refractivity contribution is 9.10. The number of ether oxygens (including phenoxy) is 1. The van der Waals surface area contributed by atoms with Crippen LogP contribution in [0.2, 0.25) is 0 Å². The van der Waals surface area contributed by atoms with Gasteiger partial charge in [-0.1, -0.05) is 54.2 Å². The summed E-state index contributed by atoms with van der Waals surface area (Å²) in [5.41, 5.74) is 4.56. The highest BCUT2D eigenvalue weighted by Crippen LogP contribution is 2.37. The van der Waals surface area contributed by atoms with E-state index in [2.05, 4.69) is 28.2 Å². The molecule has 0 spiro atoms. The summed E-state index contributed by atoms with van der Waals surface area (Å²) in [6.07, 6.45) is 7.94. The molecule has 30 heavy (non-hydrogen) atoms. The Morgan fingerprint density at radius 3 is 2.63 bits per heavy atom. The number of carbonyl (C=O) groups is 1. The summed E-state index contributed by atoms with van der Waals surface area (Å²) in [4.78, 5) is 12.3. The fraction of sp³-hybridized carbons (Fsp3) is 0.320. The molecule has 0 aliphatic carbocycles. The minimum absolute atomic E-state index is 0.0773. The second-order valence-corrected chi connectivity index (χ2v) is 8.30. The zero-order valence-electron chi connectivity index (χ0n) is 17.8. The van der Waals surface area contributed by atoms with Gasteiger partial charge < -0.3 is 14.5 Å². The third kappa shape index (κ3) is 5.33. The number of halogens is 1. The first-order chi connectivity index (χ1) is 14.5. The molecule has 0 bridgehead atoms. The molecule has 0 fully saturated rings. The van der Waals surface area contributed by atoms with E-state index in [0.717, 1.165) is 50.5 Å². The minimum Gasteiger partial charge on any atom is -0.496 e. The predicted molar refractivity (Wildman–Crippen MR) is 127 cm³/mol. The van der Waals surface area contributed by atoms with Gasteiger partial charge in [-0.15, -0.1) is 0 Å². The van der Waals surface area contributed by atoms with Crippen molar-refractivity contribution in [3.05, 3.63) is 58.8 Å². The van der Waals surface area contributed by atoms with Crippen LogP contribution in [0, 0.1) is 0 Å². The third-order valence-corrected chi connectivity index (χ3v) is 5.68. The van der Waals surface area contributed by atoms with Crippen LogP contribution >= 0.6 is 15.9 Å². The molecule has 1 N–H and O–H groups in total. The molecule has 0 atom stereocenters. The average molecular weight is 470 g/mol. The molecule has 3 rings (SSSR count). The van der Waals surface area contributed by atoms with Crippen molar-refractivity contribution in [1.29, 1.82) is 0 Å². The second kappa shape index (κ2) is 10.5. The van der Waals surface area contributed by atoms with Crippen molar-refractivity contribution in [2.75, 3.05) is 13.7 Å². The number of benzene rings is 2. The van der Waals surface area contributed by atoms with Gasteiger partial charge in [0, 0.05) is 39.7 Å². The van der Waals surface area contributed by atoms with Crippen molar-refractivity contribution in [2.45, 2.75) is 39.5 Å². The molecule has 3 aromatic rings. The van der Waals surface area contributed by atoms with E-state index in [1.54, 1.807) is 19.4 Å². The number of methoxy groups -OCH3 is 1. The minimum atomic E-state index is -0.0773. The lowest BCUT2D eigenvalue weighted by Crippen LogP contribution is -2.22. The van der Waals surface area contributed by atoms with Gasteiger partial charge in [0.15, 0.2) is 0 Å². The lowest BCUT2D eigenvalue weighted by molar-refractivity contribution is -0.116. The number of amides is 1. The van der Waals surface area contributed by atoms with Crippen LogP contribution in [0.1, 0.15) is 45.1 Å². The fourth-order valence-electron chi connectivity index (χ4n) is 3.47. The number of allylic oxidation sites excluding steroid dienone is 1. The van der Waals surface area contributed by atoms with E-state index >= 15 is 0 Å². The SMILES string of the molecule is CCCCCCNC(=O)/C=C(\C)c1cc2c(-c3ccc(Br)cc3)coc2cc1OC. The van der Waals surface area contributed by atoms with Crippen molar-refractivity contribution in [3.8, 4) is 16.9 Å². The maximum absolute atomic E-state index is 12.3. The van der Waals surface area contributed by atoms with Gasteiger partial charge in [-0.05, 0) is 42.7 Å². The Balaban J connectivity index is 1.87. The van der Waals surface area contributed by atoms with Gasteiger partial charge in [0.05, 0.1) is 13.4 Å². The summed E-state index contributed by atoms with van der Waals surface area (Å²) < 4.78 is 12.4. The molecule has 1 amide bonds. The van der Waals surface area contributed by atoms with Gasteiger partial charge in [0.25, 0.3) is 0 Å². The summed E-state index contributed by atoms with van der Waals surface area (Å²) in [6.45, 7) is 4.81. The van der Waals surface area contributed by atoms with E-state index in [9.17, 15) is 4.79 Å². The number of carbonyl (C=O) groups excluding carboxylic acids is 1. The molecule has 0 unspecified atom stereocenters. The van der Waals surface area contributed by atoms with Gasteiger partial charge in [-0.2, -0.15) is 0 Å². The first-order valence-electron chi connectivity index (χ1n) is 10.3. The normalized spacial score (nSPS) is 11.7. The van der Waals surface area contributed by atoms with Crippen molar-refractivity contribution in [3.63, 3.8) is 0 Å². The number of fused-ring (bicyclic) bond motifs is 1. The molecular weight excluding hydrogens is 442 g/mol. The Hall–Kier alpha value is -2.53. The maximum atomic E-state index is 12.3. The zero-order chi connectivity index (χ0) is 21.5. The lowest BCUT2D eigenvalue weighted by atomic mass is 9.99. The standard InChI is InChI=1S/C25H28BrNO3/c1-4-5-6-7-12-27-25(28)13-17(2)20-14-21-22(18-8-10-19(26)11-9-18)16-30-24(21)15-23(20)29-3/h8-11,13-16H,4-7,12H2,1-3H3,(H,27,28)/b17-13+. The van der Waals surface area contributed by atoms with Crippen molar-refractivity contribution < 1.29 is 13.9 Å². The maximum Gasteiger partial charge on any atom is 0.244 e. The molecule has 5 heteroatoms. The van der Waals surface area contributed by atoms with Crippen molar-refractivity contribution in [2.24, 2.45) is 0 Å². The predicted octanol–water partition coefficient (Wildman–Crippen LogP) is 6.97. The second-order valence-electron chi connectivity index (χ2n) is 7.38. The number of furan rings is 1. The first-order valence-corrected chi connectivity index (χ1v) is 11.1. The smallest absolute Gasteiger partial charge is 0.244 e. The van der Waals surface area contributed by atoms with Gasteiger partial charge >= 0.3 is 0 Å². The number of nitrogens with one attached hydrogen (secondary N) is 1. The van der Waals surface area contributed by atoms with Crippen LogP contribution in [0.15, 0.2) is 57.6 Å². The summed E-state index contributed by atoms with van der Waals surface area (Å²) >= 11 is 3.48. The number of hydrogen-bond acceptors (Lipinski definition) is 3. The number of unbranched alkanes of at least 4 members (excludes halogenated alkanes) is 3. The van der Waals surface area contributed by atoms with Gasteiger partial charge in [-0.25, -0.2) is 0 Å². The van der Waals surface area contributed by atoms with Gasteiger partial charge in [0.1, 0.15) is 11.3 Å². The Bertz CT molecular complexity index is 1030. The third-order valence-electron chi connectivity index (χ3n) is 5.15. The molecule has 0 aliphatic heterocycles. The van der Waals surface area contributed by atoms with E-state index in [0.29, 0.717) is 12.3 Å². The Morgan fingerprint density at radius 1 is 1.17 bits per heavy atom. The Kier molecular flexibility index (Phi) is 7.75. The van der Waals surface area contributed by atoms with Crippen molar-refractivity contribution >= 4 is 38.4 Å². The number of rotatable bonds is 9. The van der Waals surface area contributed by atoms with E-state index in [1.165, 1.54) is 12.8 Å². The van der Waals surface area contributed by atoms with Gasteiger partial charge in [0.2, 0.25) is 5.91 Å². The molecule has 4 nitrogen and oxygen atoms in total. The van der Waals surface area contributed by atoms with Crippen LogP contribution in [0.4, 0.5) is 0 Å². The molecule has 0 saturated heterocycles. The van der Waals surface area contributed by atoms with E-state index in [4.69, 9.17) is 9.15 Å². The highest BCUT2D eigenvalue weighted by Gasteiger charge is 2.15. The summed E-state index contributed by atoms with van der Waals surface area (Å²) in [5, 5.41) is 3.96. The summed E-state index contributed by atoms with van der Waals surface area (Å²) in [5.74, 6) is 0.607. The Morgan fingerprint density at radius 2 is 1.93 bits per heavy atom. The van der Waals surface area contributed by atoms with Crippen LogP contribution in [0.3, 0.4) is 0 Å². The van der Waals surface area contributed by atoms with E-state index in [-0.39, 0.29) is 5.91 Å². The molecule has 0 aliphatic rings. The topological polar surface area (TPSA) is 51.5 Å². The van der Waals surface area contributed by atoms with Crippen molar-refractivity contribution in [1.82, 2.24) is 5.32 Å². The summed E-state index contributed by atoms with van der Waals surface area (Å²) in [7, 11) is 1.63. The zero-order valence-corrected chi connectivity index (χ0v) is 19.3. The van der Waals surface area contributed by atoms with E-state index < -0.39 is 0 Å². The lowest BCUT2D eigenvalue weighted by Gasteiger charge is -2.10. The molecule has 0 radical (unpaired) electrons. The van der Waals surface area contributed by atoms with Crippen LogP contribution < -0.4 is 10.1 Å². The fourth-order valence-corrected chi connectivity index (χ4v) is 3.74. The first kappa shape index (κ1) is 22.2. The largest absolute Gasteiger partial charge is 0.496 e. The highest BCUT2D eigenvalue weighted by atomic mass is 79.9. The molecule has 0 saturated carbocycles. The van der Waals surface area contributed by atoms with Crippen LogP contribution in [0.5, 0.6) is 5.75 Å². The van der Waals surface area contributed by atoms with Crippen LogP contribution in [0.25, 0.3) is 27.7 Å². The monoisotopic (exact) mass is 469 g/mol. The van der Waals surface area contributed by atoms with Gasteiger partial charge in [-0.3, -0.25) is 4.79 Å².